The monoisotopic (exact) mass is 376 g/mol. The normalized spacial score (nSPS) is 18.6. The summed E-state index contributed by atoms with van der Waals surface area (Å²) in [7, 11) is 0. The van der Waals surface area contributed by atoms with Gasteiger partial charge in [-0.05, 0) is 58.2 Å². The van der Waals surface area contributed by atoms with Crippen molar-refractivity contribution >= 4 is 34.9 Å². The third-order valence-corrected chi connectivity index (χ3v) is 5.17. The molecule has 144 valence electrons. The quantitative estimate of drug-likeness (QED) is 0.780. The van der Waals surface area contributed by atoms with Crippen LogP contribution in [0.25, 0.3) is 0 Å². The van der Waals surface area contributed by atoms with Crippen LogP contribution in [-0.2, 0) is 0 Å². The molecule has 3 rings (SSSR count). The minimum Gasteiger partial charge on any atom is -0.360 e. The SMILES string of the molecule is CC(C)NC(=S)Nc1nc(N2CCCCCC2)cc(N2CCCCC2)n1. The first-order valence-electron chi connectivity index (χ1n) is 10.1. The highest BCUT2D eigenvalue weighted by Gasteiger charge is 2.18. The summed E-state index contributed by atoms with van der Waals surface area (Å²) in [6.07, 6.45) is 8.88. The third-order valence-electron chi connectivity index (χ3n) is 4.95. The first-order chi connectivity index (χ1) is 12.6. The molecule has 2 saturated heterocycles. The highest BCUT2D eigenvalue weighted by molar-refractivity contribution is 7.80. The molecule has 1 aromatic rings. The van der Waals surface area contributed by atoms with E-state index in [-0.39, 0.29) is 6.04 Å². The van der Waals surface area contributed by atoms with E-state index in [0.29, 0.717) is 11.1 Å². The van der Waals surface area contributed by atoms with E-state index in [1.54, 1.807) is 0 Å². The molecular weight excluding hydrogens is 344 g/mol. The molecule has 2 aliphatic rings. The highest BCUT2D eigenvalue weighted by atomic mass is 32.1. The molecule has 0 bridgehead atoms. The van der Waals surface area contributed by atoms with Gasteiger partial charge < -0.3 is 20.4 Å². The van der Waals surface area contributed by atoms with Gasteiger partial charge >= 0.3 is 0 Å². The van der Waals surface area contributed by atoms with Crippen LogP contribution in [0.5, 0.6) is 0 Å². The standard InChI is InChI=1S/C19H32N6S/c1-15(2)20-19(26)23-18-21-16(24-10-6-3-4-7-11-24)14-17(22-18)25-12-8-5-9-13-25/h14-15H,3-13H2,1-2H3,(H2,20,21,22,23,26). The van der Waals surface area contributed by atoms with E-state index in [0.717, 1.165) is 37.8 Å². The summed E-state index contributed by atoms with van der Waals surface area (Å²) in [5.74, 6) is 2.65. The molecule has 0 saturated carbocycles. The largest absolute Gasteiger partial charge is 0.360 e. The molecule has 0 radical (unpaired) electrons. The van der Waals surface area contributed by atoms with Gasteiger partial charge in [0, 0.05) is 38.3 Å². The van der Waals surface area contributed by atoms with E-state index < -0.39 is 0 Å². The Hall–Kier alpha value is -1.63. The number of anilines is 3. The lowest BCUT2D eigenvalue weighted by Crippen LogP contribution is -2.35. The van der Waals surface area contributed by atoms with E-state index >= 15 is 0 Å². The van der Waals surface area contributed by atoms with Gasteiger partial charge in [0.2, 0.25) is 5.95 Å². The molecule has 7 heteroatoms. The van der Waals surface area contributed by atoms with Gasteiger partial charge in [0.1, 0.15) is 11.6 Å². The number of hydrogen-bond donors (Lipinski definition) is 2. The van der Waals surface area contributed by atoms with E-state index in [9.17, 15) is 0 Å². The van der Waals surface area contributed by atoms with Crippen molar-refractivity contribution in [1.82, 2.24) is 15.3 Å². The second kappa shape index (κ2) is 9.35. The fourth-order valence-corrected chi connectivity index (χ4v) is 3.95. The van der Waals surface area contributed by atoms with Crippen LogP contribution in [-0.4, -0.2) is 47.3 Å². The van der Waals surface area contributed by atoms with Crippen LogP contribution in [0, 0.1) is 0 Å². The Morgan fingerprint density at radius 3 is 1.81 bits per heavy atom. The van der Waals surface area contributed by atoms with Gasteiger partial charge in [-0.2, -0.15) is 9.97 Å². The first-order valence-corrected chi connectivity index (χ1v) is 10.5. The molecule has 0 aliphatic carbocycles. The fraction of sp³-hybridized carbons (Fsp3) is 0.737. The molecule has 6 nitrogen and oxygen atoms in total. The van der Waals surface area contributed by atoms with Gasteiger partial charge in [-0.15, -0.1) is 0 Å². The molecule has 2 aliphatic heterocycles. The van der Waals surface area contributed by atoms with Crippen LogP contribution < -0.4 is 20.4 Å². The maximum Gasteiger partial charge on any atom is 0.232 e. The molecule has 1 aromatic heterocycles. The average molecular weight is 377 g/mol. The van der Waals surface area contributed by atoms with Crippen molar-refractivity contribution in [1.29, 1.82) is 0 Å². The Kier molecular flexibility index (Phi) is 6.88. The molecule has 0 aromatic carbocycles. The Labute approximate surface area is 162 Å². The fourth-order valence-electron chi connectivity index (χ4n) is 3.62. The molecular formula is C19H32N6S. The van der Waals surface area contributed by atoms with Crippen molar-refractivity contribution in [3.05, 3.63) is 6.07 Å². The van der Waals surface area contributed by atoms with Crippen LogP contribution in [0.3, 0.4) is 0 Å². The number of hydrogen-bond acceptors (Lipinski definition) is 5. The second-order valence-corrected chi connectivity index (χ2v) is 8.02. The molecule has 0 spiro atoms. The average Bonchev–Trinajstić information content (AvgIpc) is 2.91. The second-order valence-electron chi connectivity index (χ2n) is 7.61. The number of nitrogens with zero attached hydrogens (tertiary/aromatic N) is 4. The topological polar surface area (TPSA) is 56.3 Å². The Balaban J connectivity index is 1.84. The van der Waals surface area contributed by atoms with Crippen LogP contribution in [0.4, 0.5) is 17.6 Å². The lowest BCUT2D eigenvalue weighted by molar-refractivity contribution is 0.573. The maximum absolute atomic E-state index is 5.40. The lowest BCUT2D eigenvalue weighted by atomic mass is 10.1. The zero-order valence-corrected chi connectivity index (χ0v) is 16.9. The summed E-state index contributed by atoms with van der Waals surface area (Å²) < 4.78 is 0. The number of thiocarbonyl (C=S) groups is 1. The predicted octanol–water partition coefficient (Wildman–Crippen LogP) is 3.54. The van der Waals surface area contributed by atoms with E-state index in [4.69, 9.17) is 22.2 Å². The van der Waals surface area contributed by atoms with Crippen LogP contribution in [0.2, 0.25) is 0 Å². The van der Waals surface area contributed by atoms with Gasteiger partial charge in [0.05, 0.1) is 0 Å². The molecule has 2 N–H and O–H groups in total. The number of rotatable bonds is 4. The minimum absolute atomic E-state index is 0.283. The molecule has 3 heterocycles. The van der Waals surface area contributed by atoms with Gasteiger partial charge in [-0.1, -0.05) is 12.8 Å². The first kappa shape index (κ1) is 19.1. The van der Waals surface area contributed by atoms with Crippen molar-refractivity contribution in [2.45, 2.75) is 64.8 Å². The summed E-state index contributed by atoms with van der Waals surface area (Å²) in [6, 6.07) is 2.45. The van der Waals surface area contributed by atoms with E-state index in [1.165, 1.54) is 44.9 Å². The molecule has 2 fully saturated rings. The Bertz CT molecular complexity index is 592. The van der Waals surface area contributed by atoms with Crippen molar-refractivity contribution in [2.75, 3.05) is 41.3 Å². The van der Waals surface area contributed by atoms with Crippen LogP contribution in [0.15, 0.2) is 6.07 Å². The van der Waals surface area contributed by atoms with Crippen LogP contribution >= 0.6 is 12.2 Å². The summed E-state index contributed by atoms with van der Waals surface area (Å²) in [5, 5.41) is 6.99. The summed E-state index contributed by atoms with van der Waals surface area (Å²) in [4.78, 5) is 14.4. The smallest absolute Gasteiger partial charge is 0.232 e. The van der Waals surface area contributed by atoms with Crippen molar-refractivity contribution in [3.63, 3.8) is 0 Å². The van der Waals surface area contributed by atoms with E-state index in [2.05, 4.69) is 40.3 Å². The zero-order valence-electron chi connectivity index (χ0n) is 16.1. The maximum atomic E-state index is 5.40. The van der Waals surface area contributed by atoms with Gasteiger partial charge in [-0.3, -0.25) is 0 Å². The highest BCUT2D eigenvalue weighted by Crippen LogP contribution is 2.25. The zero-order chi connectivity index (χ0) is 18.4. The molecule has 0 amide bonds. The predicted molar refractivity (Wildman–Crippen MR) is 113 cm³/mol. The Morgan fingerprint density at radius 1 is 0.885 bits per heavy atom. The van der Waals surface area contributed by atoms with Crippen molar-refractivity contribution in [2.24, 2.45) is 0 Å². The van der Waals surface area contributed by atoms with Crippen LogP contribution in [0.1, 0.15) is 58.8 Å². The number of nitrogens with one attached hydrogen (secondary N) is 2. The Morgan fingerprint density at radius 2 is 1.35 bits per heavy atom. The lowest BCUT2D eigenvalue weighted by Gasteiger charge is -2.30. The summed E-state index contributed by atoms with van der Waals surface area (Å²) in [5.41, 5.74) is 0. The van der Waals surface area contributed by atoms with Gasteiger partial charge in [0.15, 0.2) is 5.11 Å². The van der Waals surface area contributed by atoms with Crippen molar-refractivity contribution in [3.8, 4) is 0 Å². The number of aromatic nitrogens is 2. The number of piperidine rings is 1. The molecule has 26 heavy (non-hydrogen) atoms. The minimum atomic E-state index is 0.283. The van der Waals surface area contributed by atoms with Crippen molar-refractivity contribution < 1.29 is 0 Å². The van der Waals surface area contributed by atoms with E-state index in [1.807, 2.05) is 0 Å². The molecule has 0 unspecified atom stereocenters. The van der Waals surface area contributed by atoms with Gasteiger partial charge in [-0.25, -0.2) is 0 Å². The summed E-state index contributed by atoms with van der Waals surface area (Å²) in [6.45, 7) is 8.44. The summed E-state index contributed by atoms with van der Waals surface area (Å²) >= 11 is 5.40. The third kappa shape index (κ3) is 5.43. The van der Waals surface area contributed by atoms with Gasteiger partial charge in [0.25, 0.3) is 0 Å². The molecule has 0 atom stereocenters.